The first kappa shape index (κ1) is 12.8. The van der Waals surface area contributed by atoms with Crippen LogP contribution >= 0.6 is 11.5 Å². The maximum Gasteiger partial charge on any atom is 0.260 e. The van der Waals surface area contributed by atoms with Crippen molar-refractivity contribution in [2.45, 2.75) is 31.3 Å². The van der Waals surface area contributed by atoms with Crippen LogP contribution in [0, 0.1) is 11.6 Å². The monoisotopic (exact) mass is 307 g/mol. The first-order valence-electron chi connectivity index (χ1n) is 6.74. The van der Waals surface area contributed by atoms with Gasteiger partial charge in [-0.1, -0.05) is 10.6 Å². The van der Waals surface area contributed by atoms with Crippen LogP contribution in [-0.2, 0) is 6.42 Å². The van der Waals surface area contributed by atoms with Crippen molar-refractivity contribution in [2.75, 3.05) is 0 Å². The Bertz CT molecular complexity index is 713. The van der Waals surface area contributed by atoms with Crippen LogP contribution in [-0.4, -0.2) is 26.4 Å². The third kappa shape index (κ3) is 1.80. The van der Waals surface area contributed by atoms with Gasteiger partial charge in [0.1, 0.15) is 17.2 Å². The Balaban J connectivity index is 1.77. The van der Waals surface area contributed by atoms with Crippen LogP contribution in [0.2, 0.25) is 0 Å². The number of halogens is 2. The molecule has 0 radical (unpaired) electrons. The van der Waals surface area contributed by atoms with E-state index in [1.807, 2.05) is 0 Å². The van der Waals surface area contributed by atoms with Gasteiger partial charge in [0.05, 0.1) is 16.6 Å². The molecule has 0 aliphatic carbocycles. The van der Waals surface area contributed by atoms with Crippen molar-refractivity contribution in [3.63, 3.8) is 0 Å². The van der Waals surface area contributed by atoms with E-state index in [2.05, 4.69) is 9.59 Å². The molecule has 0 saturated carbocycles. The molecule has 2 aliphatic heterocycles. The van der Waals surface area contributed by atoms with E-state index in [4.69, 9.17) is 0 Å². The average molecular weight is 307 g/mol. The first-order valence-corrected chi connectivity index (χ1v) is 7.52. The Morgan fingerprint density at radius 3 is 2.81 bits per heavy atom. The number of carbonyl (C=O) groups is 1. The van der Waals surface area contributed by atoms with Crippen LogP contribution in [0.5, 0.6) is 0 Å². The number of aromatic nitrogens is 2. The molecule has 2 bridgehead atoms. The number of carbonyl (C=O) groups excluding carboxylic acids is 1. The number of amides is 1. The summed E-state index contributed by atoms with van der Waals surface area (Å²) in [7, 11) is 0. The highest BCUT2D eigenvalue weighted by Crippen LogP contribution is 2.45. The molecule has 2 atom stereocenters. The largest absolute Gasteiger partial charge is 0.327 e. The van der Waals surface area contributed by atoms with Crippen molar-refractivity contribution in [1.29, 1.82) is 0 Å². The molecule has 2 aromatic rings. The van der Waals surface area contributed by atoms with Crippen molar-refractivity contribution >= 4 is 17.4 Å². The highest BCUT2D eigenvalue weighted by molar-refractivity contribution is 7.05. The van der Waals surface area contributed by atoms with Crippen LogP contribution < -0.4 is 0 Å². The quantitative estimate of drug-likeness (QED) is 0.814. The van der Waals surface area contributed by atoms with E-state index < -0.39 is 23.1 Å². The molecule has 2 aliphatic rings. The molecule has 1 saturated heterocycles. The number of nitrogens with zero attached hydrogens (tertiary/aromatic N) is 3. The molecular formula is C14H11F2N3OS. The summed E-state index contributed by atoms with van der Waals surface area (Å²) in [4.78, 5) is 15.2. The van der Waals surface area contributed by atoms with Crippen LogP contribution in [0.25, 0.3) is 0 Å². The minimum Gasteiger partial charge on any atom is -0.327 e. The number of rotatable bonds is 1. The van der Waals surface area contributed by atoms with Gasteiger partial charge in [-0.3, -0.25) is 4.79 Å². The Morgan fingerprint density at radius 2 is 2.05 bits per heavy atom. The molecule has 1 aromatic carbocycles. The lowest BCUT2D eigenvalue weighted by Crippen LogP contribution is -2.42. The zero-order valence-corrected chi connectivity index (χ0v) is 11.7. The van der Waals surface area contributed by atoms with Crippen molar-refractivity contribution in [2.24, 2.45) is 0 Å². The summed E-state index contributed by atoms with van der Waals surface area (Å²) in [6.45, 7) is 0. The predicted octanol–water partition coefficient (Wildman–Crippen LogP) is 2.72. The lowest BCUT2D eigenvalue weighted by molar-refractivity contribution is 0.0638. The Labute approximate surface area is 123 Å². The normalized spacial score (nSPS) is 23.2. The van der Waals surface area contributed by atoms with Crippen LogP contribution in [0.3, 0.4) is 0 Å². The minimum absolute atomic E-state index is 0.0436. The molecule has 1 fully saturated rings. The Morgan fingerprint density at radius 1 is 1.29 bits per heavy atom. The molecule has 0 spiro atoms. The van der Waals surface area contributed by atoms with Gasteiger partial charge in [-0.25, -0.2) is 8.78 Å². The lowest BCUT2D eigenvalue weighted by Gasteiger charge is -2.33. The fourth-order valence-corrected chi connectivity index (χ4v) is 4.12. The zero-order valence-electron chi connectivity index (χ0n) is 10.9. The summed E-state index contributed by atoms with van der Waals surface area (Å²) < 4.78 is 31.6. The molecule has 0 N–H and O–H groups in total. The van der Waals surface area contributed by atoms with E-state index in [9.17, 15) is 13.6 Å². The van der Waals surface area contributed by atoms with E-state index in [0.29, 0.717) is 6.42 Å². The first-order chi connectivity index (χ1) is 10.2. The standard InChI is InChI=1S/C14H11F2N3OS/c15-8-2-1-3-9(16)12(8)14(20)19-7-4-5-11(19)13-10(6-7)17-18-21-13/h1-3,7,11H,4-6H2/t7-,11+/m0/s1. The summed E-state index contributed by atoms with van der Waals surface area (Å²) in [5.74, 6) is -2.20. The molecule has 4 nitrogen and oxygen atoms in total. The fourth-order valence-electron chi connectivity index (χ4n) is 3.31. The van der Waals surface area contributed by atoms with Gasteiger partial charge in [0.15, 0.2) is 0 Å². The van der Waals surface area contributed by atoms with Gasteiger partial charge >= 0.3 is 0 Å². The number of fused-ring (bicyclic) bond motifs is 4. The summed E-state index contributed by atoms with van der Waals surface area (Å²) >= 11 is 1.27. The van der Waals surface area contributed by atoms with Gasteiger partial charge in [0.25, 0.3) is 5.91 Å². The molecule has 1 amide bonds. The van der Waals surface area contributed by atoms with Crippen molar-refractivity contribution in [3.05, 3.63) is 46.0 Å². The highest BCUT2D eigenvalue weighted by atomic mass is 32.1. The summed E-state index contributed by atoms with van der Waals surface area (Å²) in [6, 6.07) is 3.30. The van der Waals surface area contributed by atoms with Gasteiger partial charge in [0.2, 0.25) is 0 Å². The summed E-state index contributed by atoms with van der Waals surface area (Å²) in [5.41, 5.74) is 0.459. The van der Waals surface area contributed by atoms with Crippen molar-refractivity contribution in [1.82, 2.24) is 14.5 Å². The molecule has 21 heavy (non-hydrogen) atoms. The number of benzene rings is 1. The molecule has 7 heteroatoms. The predicted molar refractivity (Wildman–Crippen MR) is 71.9 cm³/mol. The minimum atomic E-state index is -0.812. The van der Waals surface area contributed by atoms with E-state index in [1.54, 1.807) is 4.90 Å². The molecular weight excluding hydrogens is 296 g/mol. The van der Waals surface area contributed by atoms with Gasteiger partial charge in [0, 0.05) is 12.5 Å². The maximum absolute atomic E-state index is 13.9. The number of hydrogen-bond acceptors (Lipinski definition) is 4. The van der Waals surface area contributed by atoms with Crippen LogP contribution in [0.4, 0.5) is 8.78 Å². The van der Waals surface area contributed by atoms with Crippen molar-refractivity contribution < 1.29 is 13.6 Å². The Kier molecular flexibility index (Phi) is 2.78. The molecule has 108 valence electrons. The third-order valence-corrected chi connectivity index (χ3v) is 5.10. The molecule has 3 heterocycles. The van der Waals surface area contributed by atoms with Crippen LogP contribution in [0.1, 0.15) is 39.8 Å². The zero-order chi connectivity index (χ0) is 14.6. The van der Waals surface area contributed by atoms with E-state index in [-0.39, 0.29) is 12.1 Å². The summed E-state index contributed by atoms with van der Waals surface area (Å²) in [5, 5.41) is 4.08. The van der Waals surface area contributed by atoms with E-state index in [0.717, 1.165) is 35.5 Å². The van der Waals surface area contributed by atoms with E-state index >= 15 is 0 Å². The van der Waals surface area contributed by atoms with Gasteiger partial charge in [-0.15, -0.1) is 5.10 Å². The second-order valence-electron chi connectivity index (χ2n) is 5.34. The maximum atomic E-state index is 13.9. The SMILES string of the molecule is O=C(c1c(F)cccc1F)N1[C@H]2CC[C@@H]1c1snnc1C2. The highest BCUT2D eigenvalue weighted by Gasteiger charge is 2.45. The molecule has 4 rings (SSSR count). The topological polar surface area (TPSA) is 46.1 Å². The van der Waals surface area contributed by atoms with Crippen molar-refractivity contribution in [3.8, 4) is 0 Å². The fraction of sp³-hybridized carbons (Fsp3) is 0.357. The van der Waals surface area contributed by atoms with Gasteiger partial charge in [-0.2, -0.15) is 0 Å². The molecule has 0 unspecified atom stereocenters. The van der Waals surface area contributed by atoms with Crippen LogP contribution in [0.15, 0.2) is 18.2 Å². The average Bonchev–Trinajstić information content (AvgIpc) is 3.03. The third-order valence-electron chi connectivity index (χ3n) is 4.23. The Hall–Kier alpha value is -1.89. The second kappa shape index (κ2) is 4.56. The molecule has 1 aromatic heterocycles. The number of hydrogen-bond donors (Lipinski definition) is 0. The smallest absolute Gasteiger partial charge is 0.260 e. The second-order valence-corrected chi connectivity index (χ2v) is 6.13. The van der Waals surface area contributed by atoms with Gasteiger partial charge < -0.3 is 4.90 Å². The van der Waals surface area contributed by atoms with E-state index in [1.165, 1.54) is 17.6 Å². The lowest BCUT2D eigenvalue weighted by atomic mass is 10.0. The van der Waals surface area contributed by atoms with Gasteiger partial charge in [-0.05, 0) is 36.5 Å². The summed E-state index contributed by atoms with van der Waals surface area (Å²) in [6.07, 6.45) is 2.24.